The van der Waals surface area contributed by atoms with Crippen LogP contribution in [0.5, 0.6) is 0 Å². The molecule has 0 bridgehead atoms. The first-order valence-electron chi connectivity index (χ1n) is 3.68. The molecule has 2 aromatic rings. The van der Waals surface area contributed by atoms with Crippen molar-refractivity contribution in [2.75, 3.05) is 0 Å². The van der Waals surface area contributed by atoms with Crippen molar-refractivity contribution in [2.24, 2.45) is 7.05 Å². The molecule has 0 aromatic carbocycles. The zero-order chi connectivity index (χ0) is 8.55. The molecule has 0 saturated carbocycles. The van der Waals surface area contributed by atoms with Gasteiger partial charge in [-0.2, -0.15) is 0 Å². The van der Waals surface area contributed by atoms with Crippen LogP contribution in [0.3, 0.4) is 0 Å². The summed E-state index contributed by atoms with van der Waals surface area (Å²) in [4.78, 5) is 8.19. The number of imidazole rings is 1. The van der Waals surface area contributed by atoms with Gasteiger partial charge >= 0.3 is 0 Å². The van der Waals surface area contributed by atoms with E-state index >= 15 is 0 Å². The van der Waals surface area contributed by atoms with Crippen LogP contribution in [0.2, 0.25) is 0 Å². The third-order valence-electron chi connectivity index (χ3n) is 1.85. The topological polar surface area (TPSA) is 50.9 Å². The molecule has 0 unspecified atom stereocenters. The van der Waals surface area contributed by atoms with E-state index in [1.807, 2.05) is 17.7 Å². The van der Waals surface area contributed by atoms with Crippen molar-refractivity contribution >= 4 is 11.0 Å². The van der Waals surface area contributed by atoms with Crippen LogP contribution in [-0.2, 0) is 13.7 Å². The second-order valence-electron chi connectivity index (χ2n) is 2.64. The summed E-state index contributed by atoms with van der Waals surface area (Å²) in [6.45, 7) is -0.0448. The molecule has 0 radical (unpaired) electrons. The highest BCUT2D eigenvalue weighted by molar-refractivity contribution is 5.77. The summed E-state index contributed by atoms with van der Waals surface area (Å²) in [6, 6.07) is 1.83. The number of rotatable bonds is 1. The molecule has 0 saturated heterocycles. The maximum atomic E-state index is 8.97. The van der Waals surface area contributed by atoms with Crippen LogP contribution in [0, 0.1) is 0 Å². The fourth-order valence-corrected chi connectivity index (χ4v) is 1.30. The van der Waals surface area contributed by atoms with E-state index in [9.17, 15) is 0 Å². The molecule has 2 heterocycles. The highest BCUT2D eigenvalue weighted by atomic mass is 16.3. The van der Waals surface area contributed by atoms with Crippen LogP contribution in [0.15, 0.2) is 18.6 Å². The van der Waals surface area contributed by atoms with Crippen LogP contribution in [0.1, 0.15) is 5.69 Å². The molecule has 12 heavy (non-hydrogen) atoms. The fourth-order valence-electron chi connectivity index (χ4n) is 1.30. The van der Waals surface area contributed by atoms with Crippen molar-refractivity contribution in [3.63, 3.8) is 0 Å². The molecular weight excluding hydrogens is 154 g/mol. The number of nitrogens with zero attached hydrogens (tertiary/aromatic N) is 3. The zero-order valence-corrected chi connectivity index (χ0v) is 6.73. The number of aryl methyl sites for hydroxylation is 1. The van der Waals surface area contributed by atoms with E-state index in [1.54, 1.807) is 12.5 Å². The normalized spacial score (nSPS) is 10.8. The van der Waals surface area contributed by atoms with Gasteiger partial charge in [-0.1, -0.05) is 0 Å². The number of fused-ring (bicyclic) bond motifs is 1. The Morgan fingerprint density at radius 3 is 3.08 bits per heavy atom. The zero-order valence-electron chi connectivity index (χ0n) is 6.73. The fraction of sp³-hybridized carbons (Fsp3) is 0.250. The summed E-state index contributed by atoms with van der Waals surface area (Å²) in [5.74, 6) is 0. The van der Waals surface area contributed by atoms with Gasteiger partial charge in [0.15, 0.2) is 0 Å². The molecule has 0 aliphatic carbocycles. The van der Waals surface area contributed by atoms with Gasteiger partial charge in [0.05, 0.1) is 29.7 Å². The Morgan fingerprint density at radius 2 is 2.33 bits per heavy atom. The maximum Gasteiger partial charge on any atom is 0.0956 e. The lowest BCUT2D eigenvalue weighted by Crippen LogP contribution is -1.94. The molecule has 2 rings (SSSR count). The molecule has 2 aromatic heterocycles. The molecule has 0 atom stereocenters. The minimum atomic E-state index is -0.0448. The molecule has 0 aliphatic heterocycles. The molecule has 0 spiro atoms. The molecule has 0 amide bonds. The van der Waals surface area contributed by atoms with Gasteiger partial charge in [-0.25, -0.2) is 4.98 Å². The molecule has 4 nitrogen and oxygen atoms in total. The van der Waals surface area contributed by atoms with Gasteiger partial charge in [0.25, 0.3) is 0 Å². The summed E-state index contributed by atoms with van der Waals surface area (Å²) in [7, 11) is 1.89. The van der Waals surface area contributed by atoms with Gasteiger partial charge in [0.2, 0.25) is 0 Å². The lowest BCUT2D eigenvalue weighted by Gasteiger charge is -1.98. The second kappa shape index (κ2) is 2.57. The van der Waals surface area contributed by atoms with Crippen LogP contribution in [0.25, 0.3) is 11.0 Å². The Bertz CT molecular complexity index is 408. The van der Waals surface area contributed by atoms with E-state index in [0.717, 1.165) is 11.0 Å². The lowest BCUT2D eigenvalue weighted by molar-refractivity contribution is 0.278. The van der Waals surface area contributed by atoms with Gasteiger partial charge in [0.1, 0.15) is 0 Å². The van der Waals surface area contributed by atoms with Gasteiger partial charge in [-0.15, -0.1) is 0 Å². The van der Waals surface area contributed by atoms with E-state index in [-0.39, 0.29) is 6.61 Å². The van der Waals surface area contributed by atoms with Gasteiger partial charge in [-0.3, -0.25) is 4.98 Å². The Labute approximate surface area is 69.5 Å². The predicted octanol–water partition coefficient (Wildman–Crippen LogP) is 0.461. The summed E-state index contributed by atoms with van der Waals surface area (Å²) in [6.07, 6.45) is 3.37. The Kier molecular flexibility index (Phi) is 1.55. The third kappa shape index (κ3) is 0.887. The standard InChI is InChI=1S/C8H9N3O/c1-11-5-10-6-2-3-9-7(4-12)8(6)11/h2-3,5,12H,4H2,1H3. The summed E-state index contributed by atoms with van der Waals surface area (Å²) in [5, 5.41) is 8.97. The number of pyridine rings is 1. The van der Waals surface area contributed by atoms with Crippen molar-refractivity contribution < 1.29 is 5.11 Å². The average Bonchev–Trinajstić information content (AvgIpc) is 2.48. The van der Waals surface area contributed by atoms with Gasteiger partial charge in [-0.05, 0) is 6.07 Å². The Hall–Kier alpha value is -1.42. The Balaban J connectivity index is 2.84. The summed E-state index contributed by atoms with van der Waals surface area (Å²) in [5.41, 5.74) is 2.45. The van der Waals surface area contributed by atoms with Crippen LogP contribution >= 0.6 is 0 Å². The van der Waals surface area contributed by atoms with E-state index in [4.69, 9.17) is 5.11 Å². The largest absolute Gasteiger partial charge is 0.390 e. The van der Waals surface area contributed by atoms with Crippen molar-refractivity contribution in [1.82, 2.24) is 14.5 Å². The minimum absolute atomic E-state index is 0.0448. The van der Waals surface area contributed by atoms with Crippen molar-refractivity contribution in [3.05, 3.63) is 24.3 Å². The van der Waals surface area contributed by atoms with E-state index < -0.39 is 0 Å². The second-order valence-corrected chi connectivity index (χ2v) is 2.64. The Morgan fingerprint density at radius 1 is 1.50 bits per heavy atom. The summed E-state index contributed by atoms with van der Waals surface area (Å²) >= 11 is 0. The van der Waals surface area contributed by atoms with E-state index in [0.29, 0.717) is 5.69 Å². The van der Waals surface area contributed by atoms with Gasteiger partial charge < -0.3 is 9.67 Å². The van der Waals surface area contributed by atoms with E-state index in [2.05, 4.69) is 9.97 Å². The molecule has 62 valence electrons. The SMILES string of the molecule is Cn1cnc2ccnc(CO)c21. The van der Waals surface area contributed by atoms with Crippen LogP contribution in [-0.4, -0.2) is 19.6 Å². The highest BCUT2D eigenvalue weighted by Crippen LogP contribution is 2.13. The smallest absolute Gasteiger partial charge is 0.0956 e. The predicted molar refractivity (Wildman–Crippen MR) is 44.4 cm³/mol. The highest BCUT2D eigenvalue weighted by Gasteiger charge is 2.04. The quantitative estimate of drug-likeness (QED) is 0.664. The van der Waals surface area contributed by atoms with E-state index in [1.165, 1.54) is 0 Å². The first kappa shape index (κ1) is 7.24. The van der Waals surface area contributed by atoms with Crippen LogP contribution < -0.4 is 0 Å². The minimum Gasteiger partial charge on any atom is -0.390 e. The number of aliphatic hydroxyl groups is 1. The average molecular weight is 163 g/mol. The molecule has 0 aliphatic rings. The number of aromatic nitrogens is 3. The number of aliphatic hydroxyl groups excluding tert-OH is 1. The van der Waals surface area contributed by atoms with Crippen molar-refractivity contribution in [2.45, 2.75) is 6.61 Å². The van der Waals surface area contributed by atoms with Crippen LogP contribution in [0.4, 0.5) is 0 Å². The van der Waals surface area contributed by atoms with Gasteiger partial charge in [0, 0.05) is 13.2 Å². The maximum absolute atomic E-state index is 8.97. The van der Waals surface area contributed by atoms with Crippen molar-refractivity contribution in [3.8, 4) is 0 Å². The third-order valence-corrected chi connectivity index (χ3v) is 1.85. The number of hydrogen-bond acceptors (Lipinski definition) is 3. The monoisotopic (exact) mass is 163 g/mol. The lowest BCUT2D eigenvalue weighted by atomic mass is 10.3. The first-order valence-corrected chi connectivity index (χ1v) is 3.68. The first-order chi connectivity index (χ1) is 5.83. The molecule has 4 heteroatoms. The summed E-state index contributed by atoms with van der Waals surface area (Å²) < 4.78 is 1.86. The molecule has 1 N–H and O–H groups in total. The molecular formula is C8H9N3O. The molecule has 0 fully saturated rings. The number of hydrogen-bond donors (Lipinski definition) is 1. The van der Waals surface area contributed by atoms with Crippen molar-refractivity contribution in [1.29, 1.82) is 0 Å².